The fraction of sp³-hybridized carbons (Fsp3) is 0.300. The van der Waals surface area contributed by atoms with E-state index in [1.807, 2.05) is 38.3 Å². The highest BCUT2D eigenvalue weighted by atomic mass is 15.3. The number of anilines is 3. The molecule has 6 nitrogen and oxygen atoms in total. The maximum absolute atomic E-state index is 4.34. The molecule has 6 heteroatoms. The first-order chi connectivity index (χ1) is 7.65. The highest BCUT2D eigenvalue weighted by Crippen LogP contribution is 2.14. The van der Waals surface area contributed by atoms with Gasteiger partial charge in [-0.2, -0.15) is 10.1 Å². The Balaban J connectivity index is 2.18. The Morgan fingerprint density at radius 3 is 2.81 bits per heavy atom. The Kier molecular flexibility index (Phi) is 2.72. The summed E-state index contributed by atoms with van der Waals surface area (Å²) < 4.78 is 1.73. The van der Waals surface area contributed by atoms with Crippen molar-refractivity contribution in [2.24, 2.45) is 7.05 Å². The van der Waals surface area contributed by atoms with Crippen LogP contribution in [-0.4, -0.2) is 33.8 Å². The van der Waals surface area contributed by atoms with Crippen molar-refractivity contribution in [1.82, 2.24) is 19.7 Å². The van der Waals surface area contributed by atoms with Crippen molar-refractivity contribution in [2.75, 3.05) is 24.3 Å². The van der Waals surface area contributed by atoms with Gasteiger partial charge in [-0.3, -0.25) is 4.68 Å². The van der Waals surface area contributed by atoms with E-state index in [9.17, 15) is 0 Å². The lowest BCUT2D eigenvalue weighted by molar-refractivity contribution is 0.768. The highest BCUT2D eigenvalue weighted by molar-refractivity contribution is 5.54. The second-order valence-electron chi connectivity index (χ2n) is 3.66. The third-order valence-electron chi connectivity index (χ3n) is 2.02. The number of aryl methyl sites for hydroxylation is 1. The molecule has 2 aromatic rings. The van der Waals surface area contributed by atoms with Gasteiger partial charge in [0.05, 0.1) is 11.9 Å². The van der Waals surface area contributed by atoms with E-state index in [4.69, 9.17) is 0 Å². The van der Waals surface area contributed by atoms with Crippen LogP contribution in [0.25, 0.3) is 0 Å². The Labute approximate surface area is 93.9 Å². The van der Waals surface area contributed by atoms with Crippen LogP contribution >= 0.6 is 0 Å². The van der Waals surface area contributed by atoms with Crippen molar-refractivity contribution in [3.63, 3.8) is 0 Å². The zero-order chi connectivity index (χ0) is 11.5. The molecule has 0 radical (unpaired) electrons. The number of aromatic nitrogens is 4. The highest BCUT2D eigenvalue weighted by Gasteiger charge is 2.02. The van der Waals surface area contributed by atoms with E-state index in [0.717, 1.165) is 11.5 Å². The Hall–Kier alpha value is -2.11. The summed E-state index contributed by atoms with van der Waals surface area (Å²) in [5, 5.41) is 7.23. The maximum Gasteiger partial charge on any atom is 0.226 e. The summed E-state index contributed by atoms with van der Waals surface area (Å²) in [7, 11) is 5.68. The lowest BCUT2D eigenvalue weighted by atomic mass is 10.5. The molecule has 0 bridgehead atoms. The van der Waals surface area contributed by atoms with Gasteiger partial charge in [-0.05, 0) is 6.07 Å². The van der Waals surface area contributed by atoms with Crippen LogP contribution < -0.4 is 10.2 Å². The van der Waals surface area contributed by atoms with E-state index in [-0.39, 0.29) is 0 Å². The molecule has 2 heterocycles. The summed E-state index contributed by atoms with van der Waals surface area (Å²) in [6.45, 7) is 0. The van der Waals surface area contributed by atoms with E-state index in [1.54, 1.807) is 17.1 Å². The Bertz CT molecular complexity index is 476. The third-order valence-corrected chi connectivity index (χ3v) is 2.02. The SMILES string of the molecule is CN(C)c1nccc(Nc2cnn(C)c2)n1. The van der Waals surface area contributed by atoms with Gasteiger partial charge < -0.3 is 10.2 Å². The summed E-state index contributed by atoms with van der Waals surface area (Å²) in [6.07, 6.45) is 5.36. The lowest BCUT2D eigenvalue weighted by Crippen LogP contribution is -2.12. The van der Waals surface area contributed by atoms with Gasteiger partial charge in [-0.25, -0.2) is 4.98 Å². The van der Waals surface area contributed by atoms with Gasteiger partial charge in [0, 0.05) is 33.5 Å². The summed E-state index contributed by atoms with van der Waals surface area (Å²) in [5.74, 6) is 1.43. The standard InChI is InChI=1S/C10H14N6/c1-15(2)10-11-5-4-9(14-10)13-8-6-12-16(3)7-8/h4-7H,1-3H3,(H,11,13,14). The zero-order valence-corrected chi connectivity index (χ0v) is 9.55. The lowest BCUT2D eigenvalue weighted by Gasteiger charge is -2.10. The average molecular weight is 218 g/mol. The van der Waals surface area contributed by atoms with Crippen molar-refractivity contribution in [3.05, 3.63) is 24.7 Å². The van der Waals surface area contributed by atoms with Crippen LogP contribution in [0.4, 0.5) is 17.5 Å². The fourth-order valence-corrected chi connectivity index (χ4v) is 1.27. The normalized spacial score (nSPS) is 10.2. The quantitative estimate of drug-likeness (QED) is 0.833. The van der Waals surface area contributed by atoms with Crippen LogP contribution in [0.5, 0.6) is 0 Å². The molecule has 0 unspecified atom stereocenters. The van der Waals surface area contributed by atoms with Gasteiger partial charge in [0.2, 0.25) is 5.95 Å². The first kappa shape index (κ1) is 10.4. The van der Waals surface area contributed by atoms with Crippen LogP contribution in [0, 0.1) is 0 Å². The summed E-state index contributed by atoms with van der Waals surface area (Å²) in [5.41, 5.74) is 0.908. The maximum atomic E-state index is 4.34. The molecule has 0 aliphatic rings. The second-order valence-corrected chi connectivity index (χ2v) is 3.66. The molecular weight excluding hydrogens is 204 g/mol. The zero-order valence-electron chi connectivity index (χ0n) is 9.55. The van der Waals surface area contributed by atoms with Crippen LogP contribution in [-0.2, 0) is 7.05 Å². The molecule has 2 aromatic heterocycles. The molecule has 0 amide bonds. The second kappa shape index (κ2) is 4.18. The molecule has 0 aliphatic carbocycles. The predicted octanol–water partition coefficient (Wildman–Crippen LogP) is 1.02. The summed E-state index contributed by atoms with van der Waals surface area (Å²) in [4.78, 5) is 10.3. The number of rotatable bonds is 3. The van der Waals surface area contributed by atoms with Gasteiger partial charge >= 0.3 is 0 Å². The molecule has 0 aromatic carbocycles. The topological polar surface area (TPSA) is 58.9 Å². The smallest absolute Gasteiger partial charge is 0.226 e. The molecule has 2 rings (SSSR count). The molecule has 0 atom stereocenters. The minimum absolute atomic E-state index is 0.675. The van der Waals surface area contributed by atoms with Crippen molar-refractivity contribution in [2.45, 2.75) is 0 Å². The van der Waals surface area contributed by atoms with E-state index in [2.05, 4.69) is 20.4 Å². The van der Waals surface area contributed by atoms with Crippen molar-refractivity contribution in [3.8, 4) is 0 Å². The Morgan fingerprint density at radius 1 is 1.38 bits per heavy atom. The molecule has 16 heavy (non-hydrogen) atoms. The molecule has 0 aliphatic heterocycles. The molecule has 0 fully saturated rings. The van der Waals surface area contributed by atoms with Gasteiger partial charge in [-0.1, -0.05) is 0 Å². The molecule has 0 spiro atoms. The van der Waals surface area contributed by atoms with E-state index >= 15 is 0 Å². The van der Waals surface area contributed by atoms with Gasteiger partial charge in [0.15, 0.2) is 0 Å². The van der Waals surface area contributed by atoms with Crippen LogP contribution in [0.2, 0.25) is 0 Å². The van der Waals surface area contributed by atoms with Gasteiger partial charge in [-0.15, -0.1) is 0 Å². The minimum Gasteiger partial charge on any atom is -0.347 e. The molecule has 1 N–H and O–H groups in total. The van der Waals surface area contributed by atoms with Crippen LogP contribution in [0.1, 0.15) is 0 Å². The number of hydrogen-bond donors (Lipinski definition) is 1. The van der Waals surface area contributed by atoms with Crippen molar-refractivity contribution >= 4 is 17.5 Å². The van der Waals surface area contributed by atoms with Crippen LogP contribution in [0.15, 0.2) is 24.7 Å². The largest absolute Gasteiger partial charge is 0.347 e. The number of hydrogen-bond acceptors (Lipinski definition) is 5. The molecule has 0 saturated heterocycles. The van der Waals surface area contributed by atoms with E-state index in [1.165, 1.54) is 0 Å². The Morgan fingerprint density at radius 2 is 2.19 bits per heavy atom. The molecule has 84 valence electrons. The van der Waals surface area contributed by atoms with E-state index in [0.29, 0.717) is 5.95 Å². The van der Waals surface area contributed by atoms with Crippen molar-refractivity contribution in [1.29, 1.82) is 0 Å². The average Bonchev–Trinajstić information content (AvgIpc) is 2.64. The molecular formula is C10H14N6. The monoisotopic (exact) mass is 218 g/mol. The number of nitrogens with zero attached hydrogens (tertiary/aromatic N) is 5. The minimum atomic E-state index is 0.675. The third kappa shape index (κ3) is 2.28. The van der Waals surface area contributed by atoms with Crippen LogP contribution in [0.3, 0.4) is 0 Å². The first-order valence-corrected chi connectivity index (χ1v) is 4.91. The fourth-order valence-electron chi connectivity index (χ4n) is 1.27. The van der Waals surface area contributed by atoms with Gasteiger partial charge in [0.25, 0.3) is 0 Å². The number of nitrogens with one attached hydrogen (secondary N) is 1. The van der Waals surface area contributed by atoms with Gasteiger partial charge in [0.1, 0.15) is 5.82 Å². The summed E-state index contributed by atoms with van der Waals surface area (Å²) >= 11 is 0. The summed E-state index contributed by atoms with van der Waals surface area (Å²) in [6, 6.07) is 1.82. The first-order valence-electron chi connectivity index (χ1n) is 4.91. The van der Waals surface area contributed by atoms with Crippen molar-refractivity contribution < 1.29 is 0 Å². The molecule has 0 saturated carbocycles. The van der Waals surface area contributed by atoms with E-state index < -0.39 is 0 Å². The predicted molar refractivity (Wildman–Crippen MR) is 62.8 cm³/mol.